The van der Waals surface area contributed by atoms with Crippen LogP contribution in [0.15, 0.2) is 53.7 Å². The van der Waals surface area contributed by atoms with Crippen LogP contribution in [0, 0.1) is 0 Å². The molecular weight excluding hydrogens is 448 g/mol. The number of nitrogens with zero attached hydrogens (tertiary/aromatic N) is 3. The lowest BCUT2D eigenvalue weighted by Gasteiger charge is -2.12. The van der Waals surface area contributed by atoms with Crippen LogP contribution in [0.4, 0.5) is 0 Å². The normalized spacial score (nSPS) is 15.6. The van der Waals surface area contributed by atoms with Gasteiger partial charge in [0.05, 0.1) is 18.5 Å². The van der Waals surface area contributed by atoms with Crippen molar-refractivity contribution in [3.63, 3.8) is 0 Å². The van der Waals surface area contributed by atoms with Crippen LogP contribution >= 0.6 is 23.4 Å². The second-order valence-corrected chi connectivity index (χ2v) is 8.68. The number of carbonyl (C=O) groups is 1. The van der Waals surface area contributed by atoms with E-state index in [1.165, 1.54) is 11.8 Å². The van der Waals surface area contributed by atoms with Crippen LogP contribution in [-0.2, 0) is 9.53 Å². The maximum Gasteiger partial charge on any atom is 0.230 e. The number of aromatic nitrogens is 3. The van der Waals surface area contributed by atoms with Crippen LogP contribution in [0.5, 0.6) is 5.75 Å². The van der Waals surface area contributed by atoms with E-state index in [4.69, 9.17) is 21.1 Å². The number of carbonyl (C=O) groups excluding carboxylic acids is 1. The summed E-state index contributed by atoms with van der Waals surface area (Å²) in [6.45, 7) is 3.87. The van der Waals surface area contributed by atoms with E-state index in [-0.39, 0.29) is 17.8 Å². The van der Waals surface area contributed by atoms with Crippen molar-refractivity contribution in [2.45, 2.75) is 31.0 Å². The average Bonchev–Trinajstić information content (AvgIpc) is 3.48. The van der Waals surface area contributed by atoms with Crippen LogP contribution in [0.3, 0.4) is 0 Å². The molecule has 1 amide bonds. The summed E-state index contributed by atoms with van der Waals surface area (Å²) in [5.41, 5.74) is 1.76. The van der Waals surface area contributed by atoms with Gasteiger partial charge in [0.2, 0.25) is 5.91 Å². The molecule has 3 aromatic rings. The Morgan fingerprint density at radius 1 is 1.22 bits per heavy atom. The highest BCUT2D eigenvalue weighted by Crippen LogP contribution is 2.29. The molecule has 1 N–H and O–H groups in total. The molecule has 1 fully saturated rings. The Morgan fingerprint density at radius 2 is 2.00 bits per heavy atom. The number of amides is 1. The number of hydrogen-bond acceptors (Lipinski definition) is 6. The van der Waals surface area contributed by atoms with E-state index in [1.807, 2.05) is 60.0 Å². The summed E-state index contributed by atoms with van der Waals surface area (Å²) in [6.07, 6.45) is 2.16. The third-order valence-electron chi connectivity index (χ3n) is 5.02. The maximum atomic E-state index is 12.4. The molecule has 0 radical (unpaired) electrons. The zero-order valence-electron chi connectivity index (χ0n) is 17.8. The lowest BCUT2D eigenvalue weighted by Crippen LogP contribution is -2.32. The number of nitrogens with one attached hydrogen (secondary N) is 1. The van der Waals surface area contributed by atoms with Gasteiger partial charge in [-0.3, -0.25) is 9.36 Å². The van der Waals surface area contributed by atoms with E-state index in [0.29, 0.717) is 29.2 Å². The molecule has 32 heavy (non-hydrogen) atoms. The van der Waals surface area contributed by atoms with Gasteiger partial charge in [0.1, 0.15) is 5.75 Å². The molecule has 7 nitrogen and oxygen atoms in total. The molecule has 1 atom stereocenters. The van der Waals surface area contributed by atoms with Crippen molar-refractivity contribution in [1.29, 1.82) is 0 Å². The fourth-order valence-electron chi connectivity index (χ4n) is 3.45. The summed E-state index contributed by atoms with van der Waals surface area (Å²) in [7, 11) is 0. The summed E-state index contributed by atoms with van der Waals surface area (Å²) < 4.78 is 13.1. The van der Waals surface area contributed by atoms with Crippen LogP contribution in [0.1, 0.15) is 19.8 Å². The summed E-state index contributed by atoms with van der Waals surface area (Å²) in [4.78, 5) is 12.4. The van der Waals surface area contributed by atoms with Crippen molar-refractivity contribution in [2.75, 3.05) is 25.5 Å². The number of halogens is 1. The lowest BCUT2D eigenvalue weighted by atomic mass is 10.2. The standard InChI is InChI=1S/C23H25ClN4O3S/c1-2-30-19-11-9-18(10-12-19)28-22(16-5-7-17(24)8-6-16)26-27-23(28)32-15-21(29)25-14-20-4-3-13-31-20/h5-12,20H,2-4,13-15H2,1H3,(H,25,29)/t20-/m1/s1. The van der Waals surface area contributed by atoms with Crippen LogP contribution in [0.25, 0.3) is 17.1 Å². The topological polar surface area (TPSA) is 78.3 Å². The summed E-state index contributed by atoms with van der Waals surface area (Å²) in [5, 5.41) is 13.0. The van der Waals surface area contributed by atoms with E-state index < -0.39 is 0 Å². The maximum absolute atomic E-state index is 12.4. The first-order valence-corrected chi connectivity index (χ1v) is 12.0. The largest absolute Gasteiger partial charge is 0.494 e. The van der Waals surface area contributed by atoms with Crippen molar-refractivity contribution < 1.29 is 14.3 Å². The number of rotatable bonds is 9. The Labute approximate surface area is 196 Å². The molecule has 9 heteroatoms. The predicted octanol–water partition coefficient (Wildman–Crippen LogP) is 4.37. The molecule has 0 unspecified atom stereocenters. The van der Waals surface area contributed by atoms with E-state index in [9.17, 15) is 4.79 Å². The van der Waals surface area contributed by atoms with E-state index >= 15 is 0 Å². The molecule has 1 aromatic heterocycles. The average molecular weight is 473 g/mol. The predicted molar refractivity (Wildman–Crippen MR) is 126 cm³/mol. The quantitative estimate of drug-likeness (QED) is 0.466. The van der Waals surface area contributed by atoms with Crippen molar-refractivity contribution >= 4 is 29.3 Å². The third kappa shape index (κ3) is 5.62. The van der Waals surface area contributed by atoms with Gasteiger partial charge in [0, 0.05) is 29.4 Å². The van der Waals surface area contributed by atoms with Gasteiger partial charge in [-0.1, -0.05) is 23.4 Å². The van der Waals surface area contributed by atoms with Gasteiger partial charge in [0.15, 0.2) is 11.0 Å². The molecule has 168 valence electrons. The molecule has 0 aliphatic carbocycles. The lowest BCUT2D eigenvalue weighted by molar-refractivity contribution is -0.119. The van der Waals surface area contributed by atoms with Gasteiger partial charge in [-0.15, -0.1) is 10.2 Å². The fraction of sp³-hybridized carbons (Fsp3) is 0.348. The van der Waals surface area contributed by atoms with E-state index in [0.717, 1.165) is 36.4 Å². The molecule has 1 saturated heterocycles. The highest BCUT2D eigenvalue weighted by atomic mass is 35.5. The van der Waals surface area contributed by atoms with Crippen molar-refractivity contribution in [2.24, 2.45) is 0 Å². The van der Waals surface area contributed by atoms with Crippen molar-refractivity contribution in [1.82, 2.24) is 20.1 Å². The molecule has 0 saturated carbocycles. The summed E-state index contributed by atoms with van der Waals surface area (Å²) in [6, 6.07) is 15.2. The van der Waals surface area contributed by atoms with Crippen LogP contribution < -0.4 is 10.1 Å². The highest BCUT2D eigenvalue weighted by molar-refractivity contribution is 7.99. The first-order valence-electron chi connectivity index (χ1n) is 10.6. The third-order valence-corrected chi connectivity index (χ3v) is 6.21. The van der Waals surface area contributed by atoms with Gasteiger partial charge in [-0.25, -0.2) is 0 Å². The molecule has 1 aliphatic heterocycles. The zero-order valence-corrected chi connectivity index (χ0v) is 19.4. The first kappa shape index (κ1) is 22.6. The van der Waals surface area contributed by atoms with Gasteiger partial charge in [0.25, 0.3) is 0 Å². The highest BCUT2D eigenvalue weighted by Gasteiger charge is 2.19. The molecule has 0 spiro atoms. The van der Waals surface area contributed by atoms with Gasteiger partial charge in [-0.2, -0.15) is 0 Å². The monoisotopic (exact) mass is 472 g/mol. The second-order valence-electron chi connectivity index (χ2n) is 7.30. The SMILES string of the molecule is CCOc1ccc(-n2c(SCC(=O)NC[C@H]3CCCO3)nnc2-c2ccc(Cl)cc2)cc1. The van der Waals surface area contributed by atoms with Gasteiger partial charge < -0.3 is 14.8 Å². The Balaban J connectivity index is 1.54. The minimum Gasteiger partial charge on any atom is -0.494 e. The molecule has 4 rings (SSSR count). The minimum absolute atomic E-state index is 0.0558. The Hall–Kier alpha value is -2.55. The first-order chi connectivity index (χ1) is 15.6. The molecule has 2 aromatic carbocycles. The van der Waals surface area contributed by atoms with Crippen LogP contribution in [-0.4, -0.2) is 52.3 Å². The Kier molecular flexibility index (Phi) is 7.68. The summed E-state index contributed by atoms with van der Waals surface area (Å²) in [5.74, 6) is 1.65. The van der Waals surface area contributed by atoms with Crippen molar-refractivity contribution in [3.8, 4) is 22.8 Å². The van der Waals surface area contributed by atoms with E-state index in [2.05, 4.69) is 15.5 Å². The smallest absolute Gasteiger partial charge is 0.230 e. The minimum atomic E-state index is -0.0558. The van der Waals surface area contributed by atoms with Gasteiger partial charge >= 0.3 is 0 Å². The Morgan fingerprint density at radius 3 is 2.69 bits per heavy atom. The second kappa shape index (κ2) is 10.8. The molecule has 2 heterocycles. The van der Waals surface area contributed by atoms with E-state index in [1.54, 1.807) is 0 Å². The molecule has 1 aliphatic rings. The molecular formula is C23H25ClN4O3S. The Bertz CT molecular complexity index is 1030. The number of hydrogen-bond donors (Lipinski definition) is 1. The number of benzene rings is 2. The number of thioether (sulfide) groups is 1. The zero-order chi connectivity index (χ0) is 22.3. The summed E-state index contributed by atoms with van der Waals surface area (Å²) >= 11 is 7.40. The number of ether oxygens (including phenoxy) is 2. The van der Waals surface area contributed by atoms with Crippen molar-refractivity contribution in [3.05, 3.63) is 53.6 Å². The van der Waals surface area contributed by atoms with Gasteiger partial charge in [-0.05, 0) is 68.3 Å². The molecule has 0 bridgehead atoms. The fourth-order valence-corrected chi connectivity index (χ4v) is 4.36. The van der Waals surface area contributed by atoms with Crippen LogP contribution in [0.2, 0.25) is 5.02 Å².